The molecule has 2 N–H and O–H groups in total. The molecule has 0 saturated carbocycles. The molecule has 10 heteroatoms. The second-order valence-corrected chi connectivity index (χ2v) is 7.22. The fourth-order valence-electron chi connectivity index (χ4n) is 2.25. The predicted molar refractivity (Wildman–Crippen MR) is 106 cm³/mol. The van der Waals surface area contributed by atoms with Gasteiger partial charge in [-0.25, -0.2) is 4.79 Å². The summed E-state index contributed by atoms with van der Waals surface area (Å²) in [5.74, 6) is -1.45. The molecule has 0 spiro atoms. The van der Waals surface area contributed by atoms with Crippen LogP contribution in [-0.4, -0.2) is 35.1 Å². The van der Waals surface area contributed by atoms with Crippen LogP contribution in [0.25, 0.3) is 0 Å². The first-order chi connectivity index (χ1) is 13.8. The maximum Gasteiger partial charge on any atom is 0.321 e. The molecule has 0 bridgehead atoms. The number of nitrogens with one attached hydrogen (secondary N) is 2. The number of rotatable bonds is 7. The fraction of sp³-hybridized carbons (Fsp3) is 0.211. The third kappa shape index (κ3) is 6.32. The number of imide groups is 1. The molecule has 2 rings (SSSR count). The second kappa shape index (κ2) is 10.2. The number of esters is 1. The van der Waals surface area contributed by atoms with Crippen molar-refractivity contribution in [2.24, 2.45) is 0 Å². The number of benzene rings is 2. The van der Waals surface area contributed by atoms with E-state index in [2.05, 4.69) is 10.6 Å². The Morgan fingerprint density at radius 1 is 1.07 bits per heavy atom. The lowest BCUT2D eigenvalue weighted by atomic mass is 10.1. The number of amides is 3. The van der Waals surface area contributed by atoms with Gasteiger partial charge in [0.25, 0.3) is 11.6 Å². The van der Waals surface area contributed by atoms with Crippen LogP contribution in [0.2, 0.25) is 0 Å². The molecule has 152 valence electrons. The Balaban J connectivity index is 2.10. The van der Waals surface area contributed by atoms with Crippen LogP contribution in [0.1, 0.15) is 18.6 Å². The molecule has 0 aromatic heterocycles. The largest absolute Gasteiger partial charge is 0.446 e. The molecule has 9 nitrogen and oxygen atoms in total. The van der Waals surface area contributed by atoms with E-state index >= 15 is 0 Å². The van der Waals surface area contributed by atoms with Crippen molar-refractivity contribution in [3.8, 4) is 0 Å². The van der Waals surface area contributed by atoms with Gasteiger partial charge in [-0.2, -0.15) is 0 Å². The highest BCUT2D eigenvalue weighted by Crippen LogP contribution is 2.28. The van der Waals surface area contributed by atoms with Gasteiger partial charge in [-0.3, -0.25) is 25.0 Å². The predicted octanol–water partition coefficient (Wildman–Crippen LogP) is 2.82. The molecular formula is C19H19N3O6S. The van der Waals surface area contributed by atoms with Gasteiger partial charge >= 0.3 is 12.0 Å². The highest BCUT2D eigenvalue weighted by atomic mass is 32.2. The molecule has 0 saturated heterocycles. The molecule has 0 unspecified atom stereocenters. The van der Waals surface area contributed by atoms with Gasteiger partial charge in [0.05, 0.1) is 4.92 Å². The summed E-state index contributed by atoms with van der Waals surface area (Å²) in [6.45, 7) is 1.59. The molecule has 0 heterocycles. The average molecular weight is 417 g/mol. The van der Waals surface area contributed by atoms with E-state index in [4.69, 9.17) is 4.74 Å². The first-order valence-corrected chi connectivity index (χ1v) is 9.39. The van der Waals surface area contributed by atoms with Crippen molar-refractivity contribution in [1.29, 1.82) is 0 Å². The van der Waals surface area contributed by atoms with Gasteiger partial charge < -0.3 is 10.1 Å². The third-order valence-corrected chi connectivity index (χ3v) is 4.82. The van der Waals surface area contributed by atoms with E-state index in [1.54, 1.807) is 37.3 Å². The summed E-state index contributed by atoms with van der Waals surface area (Å²) in [5.41, 5.74) is 0.356. The number of hydrogen-bond acceptors (Lipinski definition) is 7. The zero-order valence-electron chi connectivity index (χ0n) is 15.7. The van der Waals surface area contributed by atoms with Crippen LogP contribution >= 0.6 is 11.8 Å². The Labute approximate surface area is 171 Å². The van der Waals surface area contributed by atoms with Crippen molar-refractivity contribution in [1.82, 2.24) is 10.6 Å². The summed E-state index contributed by atoms with van der Waals surface area (Å²) in [7, 11) is 1.36. The first-order valence-electron chi connectivity index (χ1n) is 8.51. The quantitative estimate of drug-likeness (QED) is 0.307. The molecule has 0 radical (unpaired) electrons. The number of nitro benzene ring substituents is 1. The standard InChI is InChI=1S/C19H19N3O6S/c1-12(29-15-10-8-14(9-11-15)22(26)27)18(24)28-16(13-6-4-3-5-7-13)17(23)21-19(25)20-2/h3-12,16H,1-2H3,(H2,20,21,23,25)/t12-,16+/m1/s1. The number of urea groups is 1. The highest BCUT2D eigenvalue weighted by molar-refractivity contribution is 8.00. The molecule has 2 aromatic rings. The van der Waals surface area contributed by atoms with Gasteiger partial charge in [0.15, 0.2) is 0 Å². The summed E-state index contributed by atoms with van der Waals surface area (Å²) in [6.07, 6.45) is -1.30. The van der Waals surface area contributed by atoms with Crippen LogP contribution in [0.3, 0.4) is 0 Å². The Bertz CT molecular complexity index is 889. The minimum absolute atomic E-state index is 0.0559. The summed E-state index contributed by atoms with van der Waals surface area (Å²) in [5, 5.41) is 14.4. The summed E-state index contributed by atoms with van der Waals surface area (Å²) >= 11 is 1.13. The number of hydrogen-bond donors (Lipinski definition) is 2. The van der Waals surface area contributed by atoms with Crippen molar-refractivity contribution in [2.45, 2.75) is 23.2 Å². The monoisotopic (exact) mass is 417 g/mol. The molecule has 0 aliphatic rings. The van der Waals surface area contributed by atoms with Gasteiger partial charge in [-0.1, -0.05) is 30.3 Å². The molecule has 0 aliphatic heterocycles. The molecule has 0 aliphatic carbocycles. The zero-order chi connectivity index (χ0) is 21.4. The molecule has 2 aromatic carbocycles. The van der Waals surface area contributed by atoms with Crippen molar-refractivity contribution in [3.05, 3.63) is 70.3 Å². The van der Waals surface area contributed by atoms with Gasteiger partial charge in [0.1, 0.15) is 5.25 Å². The number of non-ortho nitro benzene ring substituents is 1. The molecule has 2 atom stereocenters. The number of ether oxygens (including phenoxy) is 1. The Kier molecular flexibility index (Phi) is 7.72. The SMILES string of the molecule is CNC(=O)NC(=O)[C@@H](OC(=O)[C@@H](C)Sc1ccc([N+](=O)[O-])cc1)c1ccccc1. The van der Waals surface area contributed by atoms with E-state index in [1.165, 1.54) is 31.3 Å². The second-order valence-electron chi connectivity index (χ2n) is 5.81. The maximum atomic E-state index is 12.5. The van der Waals surface area contributed by atoms with E-state index in [9.17, 15) is 24.5 Å². The molecular weight excluding hydrogens is 398 g/mol. The smallest absolute Gasteiger partial charge is 0.321 e. The van der Waals surface area contributed by atoms with Gasteiger partial charge in [-0.05, 0) is 19.1 Å². The van der Waals surface area contributed by atoms with Crippen molar-refractivity contribution < 1.29 is 24.0 Å². The highest BCUT2D eigenvalue weighted by Gasteiger charge is 2.28. The Morgan fingerprint density at radius 2 is 1.69 bits per heavy atom. The van der Waals surface area contributed by atoms with E-state index in [0.717, 1.165) is 11.8 Å². The van der Waals surface area contributed by atoms with Crippen LogP contribution < -0.4 is 10.6 Å². The minimum Gasteiger partial charge on any atom is -0.446 e. The van der Waals surface area contributed by atoms with Gasteiger partial charge in [-0.15, -0.1) is 11.8 Å². The number of carbonyl (C=O) groups excluding carboxylic acids is 3. The van der Waals surface area contributed by atoms with Crippen LogP contribution in [-0.2, 0) is 14.3 Å². The van der Waals surface area contributed by atoms with E-state index in [-0.39, 0.29) is 5.69 Å². The number of carbonyl (C=O) groups is 3. The van der Waals surface area contributed by atoms with Crippen molar-refractivity contribution in [2.75, 3.05) is 7.05 Å². The summed E-state index contributed by atoms with van der Waals surface area (Å²) < 4.78 is 5.38. The lowest BCUT2D eigenvalue weighted by Gasteiger charge is -2.19. The van der Waals surface area contributed by atoms with Crippen LogP contribution in [0.4, 0.5) is 10.5 Å². The topological polar surface area (TPSA) is 128 Å². The Morgan fingerprint density at radius 3 is 2.24 bits per heavy atom. The summed E-state index contributed by atoms with van der Waals surface area (Å²) in [6, 6.07) is 13.3. The Hall–Kier alpha value is -3.40. The molecule has 0 fully saturated rings. The molecule has 3 amide bonds. The normalized spacial score (nSPS) is 12.3. The lowest BCUT2D eigenvalue weighted by Crippen LogP contribution is -2.41. The number of thioether (sulfide) groups is 1. The molecule has 29 heavy (non-hydrogen) atoms. The fourth-order valence-corrected chi connectivity index (χ4v) is 3.10. The maximum absolute atomic E-state index is 12.5. The van der Waals surface area contributed by atoms with E-state index < -0.39 is 34.2 Å². The van der Waals surface area contributed by atoms with Gasteiger partial charge in [0.2, 0.25) is 6.10 Å². The van der Waals surface area contributed by atoms with Crippen LogP contribution in [0, 0.1) is 10.1 Å². The third-order valence-electron chi connectivity index (χ3n) is 3.73. The zero-order valence-corrected chi connectivity index (χ0v) is 16.5. The average Bonchev–Trinajstić information content (AvgIpc) is 2.72. The first kappa shape index (κ1) is 21.9. The minimum atomic E-state index is -1.30. The lowest BCUT2D eigenvalue weighted by molar-refractivity contribution is -0.384. The van der Waals surface area contributed by atoms with Gasteiger partial charge in [0, 0.05) is 29.6 Å². The van der Waals surface area contributed by atoms with E-state index in [1.807, 2.05) is 0 Å². The van der Waals surface area contributed by atoms with Crippen LogP contribution in [0.5, 0.6) is 0 Å². The van der Waals surface area contributed by atoms with Crippen molar-refractivity contribution in [3.63, 3.8) is 0 Å². The van der Waals surface area contributed by atoms with Crippen molar-refractivity contribution >= 4 is 35.4 Å². The number of nitro groups is 1. The van der Waals surface area contributed by atoms with Crippen LogP contribution in [0.15, 0.2) is 59.5 Å². The van der Waals surface area contributed by atoms with E-state index in [0.29, 0.717) is 10.5 Å². The number of nitrogens with zero attached hydrogens (tertiary/aromatic N) is 1. The summed E-state index contributed by atoms with van der Waals surface area (Å²) in [4.78, 5) is 47.2.